The first-order valence-electron chi connectivity index (χ1n) is 6.13. The zero-order chi connectivity index (χ0) is 11.8. The third-order valence-corrected chi connectivity index (χ3v) is 3.59. The van der Waals surface area contributed by atoms with Gasteiger partial charge < -0.3 is 15.2 Å². The molecule has 1 aromatic rings. The minimum atomic E-state index is -0.00231. The average Bonchev–Trinajstić information content (AvgIpc) is 2.88. The van der Waals surface area contributed by atoms with Gasteiger partial charge in [0, 0.05) is 24.8 Å². The number of hydrogen-bond acceptors (Lipinski definition) is 2. The summed E-state index contributed by atoms with van der Waals surface area (Å²) in [6.07, 6.45) is 5.16. The van der Waals surface area contributed by atoms with E-state index in [1.165, 1.54) is 0 Å². The molecule has 1 amide bonds. The van der Waals surface area contributed by atoms with Gasteiger partial charge in [0.1, 0.15) is 5.69 Å². The summed E-state index contributed by atoms with van der Waals surface area (Å²) in [5.41, 5.74) is 0.699. The number of hydrogen-bond donors (Lipinski definition) is 2. The van der Waals surface area contributed by atoms with Gasteiger partial charge in [-0.15, -0.1) is 0 Å². The molecule has 5 heteroatoms. The number of aromatic nitrogens is 1. The van der Waals surface area contributed by atoms with Gasteiger partial charge in [0.2, 0.25) is 0 Å². The first-order chi connectivity index (χ1) is 8.24. The molecular weight excluding hydrogens is 238 g/mol. The lowest BCUT2D eigenvalue weighted by Gasteiger charge is -2.12. The lowest BCUT2D eigenvalue weighted by molar-refractivity contribution is 0.0930. The molecular formula is C12H16ClN3O. The summed E-state index contributed by atoms with van der Waals surface area (Å²) in [6.45, 7) is 1.85. The molecule has 1 aliphatic heterocycles. The Labute approximate surface area is 105 Å². The highest BCUT2D eigenvalue weighted by Crippen LogP contribution is 2.37. The summed E-state index contributed by atoms with van der Waals surface area (Å²) in [5, 5.41) is 6.93. The van der Waals surface area contributed by atoms with Gasteiger partial charge in [0.15, 0.2) is 0 Å². The van der Waals surface area contributed by atoms with E-state index in [0.29, 0.717) is 16.8 Å². The van der Waals surface area contributed by atoms with Crippen LogP contribution in [0.2, 0.25) is 5.02 Å². The zero-order valence-corrected chi connectivity index (χ0v) is 10.3. The lowest BCUT2D eigenvalue weighted by atomic mass is 10.2. The van der Waals surface area contributed by atoms with Crippen molar-refractivity contribution in [1.29, 1.82) is 0 Å². The van der Waals surface area contributed by atoms with Crippen LogP contribution in [0, 0.1) is 0 Å². The highest BCUT2D eigenvalue weighted by atomic mass is 35.5. The Kier molecular flexibility index (Phi) is 2.84. The van der Waals surface area contributed by atoms with Crippen molar-refractivity contribution in [2.24, 2.45) is 0 Å². The summed E-state index contributed by atoms with van der Waals surface area (Å²) in [6, 6.07) is 2.49. The van der Waals surface area contributed by atoms with Gasteiger partial charge in [0.05, 0.1) is 5.02 Å². The molecule has 1 saturated heterocycles. The van der Waals surface area contributed by atoms with Gasteiger partial charge in [-0.1, -0.05) is 11.6 Å². The molecule has 1 aliphatic carbocycles. The molecule has 1 saturated carbocycles. The number of nitrogens with one attached hydrogen (secondary N) is 2. The first kappa shape index (κ1) is 11.1. The minimum absolute atomic E-state index is 0.00231. The van der Waals surface area contributed by atoms with Gasteiger partial charge in [-0.2, -0.15) is 0 Å². The number of nitrogens with zero attached hydrogens (tertiary/aromatic N) is 1. The molecule has 2 aliphatic rings. The van der Waals surface area contributed by atoms with Crippen LogP contribution in [0.1, 0.15) is 35.8 Å². The highest BCUT2D eigenvalue weighted by Gasteiger charge is 2.28. The number of rotatable bonds is 3. The monoisotopic (exact) mass is 253 g/mol. The van der Waals surface area contributed by atoms with Crippen molar-refractivity contribution in [2.75, 3.05) is 13.1 Å². The van der Waals surface area contributed by atoms with E-state index in [9.17, 15) is 4.79 Å². The molecule has 92 valence electrons. The van der Waals surface area contributed by atoms with Crippen LogP contribution in [0.5, 0.6) is 0 Å². The molecule has 1 aromatic heterocycles. The van der Waals surface area contributed by atoms with E-state index in [0.717, 1.165) is 32.4 Å². The zero-order valence-electron chi connectivity index (χ0n) is 9.58. The summed E-state index contributed by atoms with van der Waals surface area (Å²) in [5.74, 6) is -0.00231. The lowest BCUT2D eigenvalue weighted by Crippen LogP contribution is -2.37. The van der Waals surface area contributed by atoms with Gasteiger partial charge in [0.25, 0.3) is 5.91 Å². The van der Waals surface area contributed by atoms with Crippen molar-refractivity contribution >= 4 is 17.5 Å². The third-order valence-electron chi connectivity index (χ3n) is 3.38. The number of amides is 1. The number of carbonyl (C=O) groups is 1. The van der Waals surface area contributed by atoms with Gasteiger partial charge >= 0.3 is 0 Å². The third kappa shape index (κ3) is 2.33. The van der Waals surface area contributed by atoms with Crippen molar-refractivity contribution < 1.29 is 4.79 Å². The fraction of sp³-hybridized carbons (Fsp3) is 0.583. The van der Waals surface area contributed by atoms with E-state index < -0.39 is 0 Å². The highest BCUT2D eigenvalue weighted by molar-refractivity contribution is 6.31. The normalized spacial score (nSPS) is 23.9. The first-order valence-corrected chi connectivity index (χ1v) is 6.51. The molecule has 2 N–H and O–H groups in total. The van der Waals surface area contributed by atoms with Gasteiger partial charge in [-0.05, 0) is 31.9 Å². The van der Waals surface area contributed by atoms with E-state index in [2.05, 4.69) is 10.6 Å². The summed E-state index contributed by atoms with van der Waals surface area (Å²) < 4.78 is 2.01. The maximum Gasteiger partial charge on any atom is 0.268 e. The fourth-order valence-corrected chi connectivity index (χ4v) is 2.53. The molecule has 17 heavy (non-hydrogen) atoms. The topological polar surface area (TPSA) is 46.1 Å². The summed E-state index contributed by atoms with van der Waals surface area (Å²) in [4.78, 5) is 12.1. The van der Waals surface area contributed by atoms with Crippen molar-refractivity contribution in [3.8, 4) is 0 Å². The van der Waals surface area contributed by atoms with Gasteiger partial charge in [-0.3, -0.25) is 4.79 Å². The Morgan fingerprint density at radius 2 is 2.29 bits per heavy atom. The molecule has 2 fully saturated rings. The van der Waals surface area contributed by atoms with Crippen LogP contribution < -0.4 is 10.6 Å². The second-order valence-electron chi connectivity index (χ2n) is 4.85. The van der Waals surface area contributed by atoms with Crippen molar-refractivity contribution in [2.45, 2.75) is 31.3 Å². The van der Waals surface area contributed by atoms with E-state index in [4.69, 9.17) is 11.6 Å². The maximum atomic E-state index is 12.1. The minimum Gasteiger partial charge on any atom is -0.347 e. The smallest absolute Gasteiger partial charge is 0.268 e. The maximum absolute atomic E-state index is 12.1. The average molecular weight is 254 g/mol. The number of halogens is 1. The van der Waals surface area contributed by atoms with Crippen molar-refractivity contribution in [3.05, 3.63) is 23.0 Å². The summed E-state index contributed by atoms with van der Waals surface area (Å²) in [7, 11) is 0. The molecule has 2 heterocycles. The van der Waals surface area contributed by atoms with Crippen molar-refractivity contribution in [3.63, 3.8) is 0 Å². The van der Waals surface area contributed by atoms with Crippen LogP contribution in [-0.4, -0.2) is 29.6 Å². The van der Waals surface area contributed by atoms with Crippen LogP contribution in [-0.2, 0) is 0 Å². The molecule has 3 rings (SSSR count). The molecule has 0 aromatic carbocycles. The Bertz CT molecular complexity index is 433. The second kappa shape index (κ2) is 4.35. The quantitative estimate of drug-likeness (QED) is 0.859. The molecule has 0 spiro atoms. The number of carbonyl (C=O) groups excluding carboxylic acids is 1. The predicted octanol–water partition coefficient (Wildman–Crippen LogP) is 1.57. The standard InChI is InChI=1S/C12H16ClN3O/c13-8-5-11(16(7-8)10-1-2-10)12(17)15-9-3-4-14-6-9/h5,7,9-10,14H,1-4,6H2,(H,15,17). The van der Waals surface area contributed by atoms with Crippen LogP contribution in [0.25, 0.3) is 0 Å². The SMILES string of the molecule is O=C(NC1CCNC1)c1cc(Cl)cn1C1CC1. The second-order valence-corrected chi connectivity index (χ2v) is 5.28. The molecule has 1 atom stereocenters. The Hall–Kier alpha value is -1.00. The van der Waals surface area contributed by atoms with Crippen LogP contribution in [0.4, 0.5) is 0 Å². The van der Waals surface area contributed by atoms with Gasteiger partial charge in [-0.25, -0.2) is 0 Å². The molecule has 0 radical (unpaired) electrons. The van der Waals surface area contributed by atoms with E-state index in [-0.39, 0.29) is 11.9 Å². The molecule has 0 bridgehead atoms. The Morgan fingerprint density at radius 1 is 1.47 bits per heavy atom. The van der Waals surface area contributed by atoms with E-state index in [1.807, 2.05) is 10.8 Å². The van der Waals surface area contributed by atoms with E-state index in [1.54, 1.807) is 6.07 Å². The Balaban J connectivity index is 1.75. The predicted molar refractivity (Wildman–Crippen MR) is 66.5 cm³/mol. The van der Waals surface area contributed by atoms with E-state index >= 15 is 0 Å². The van der Waals surface area contributed by atoms with Crippen LogP contribution in [0.3, 0.4) is 0 Å². The Morgan fingerprint density at radius 3 is 2.94 bits per heavy atom. The molecule has 4 nitrogen and oxygen atoms in total. The van der Waals surface area contributed by atoms with Crippen LogP contribution >= 0.6 is 11.6 Å². The fourth-order valence-electron chi connectivity index (χ4n) is 2.32. The largest absolute Gasteiger partial charge is 0.347 e. The van der Waals surface area contributed by atoms with Crippen molar-refractivity contribution in [1.82, 2.24) is 15.2 Å². The molecule has 1 unspecified atom stereocenters. The summed E-state index contributed by atoms with van der Waals surface area (Å²) >= 11 is 5.98. The van der Waals surface area contributed by atoms with Crippen LogP contribution in [0.15, 0.2) is 12.3 Å².